The molecule has 1 saturated heterocycles. The number of hydrogen-bond donors (Lipinski definition) is 0. The molecule has 1 amide bonds. The normalized spacial score (nSPS) is 14.0. The Kier molecular flexibility index (Phi) is 6.36. The molecule has 0 N–H and O–H groups in total. The molecular weight excluding hydrogens is 468 g/mol. The Balaban J connectivity index is 1.18. The van der Waals surface area contributed by atoms with E-state index in [1.165, 1.54) is 12.1 Å². The van der Waals surface area contributed by atoms with Crippen molar-refractivity contribution in [2.24, 2.45) is 0 Å². The number of carbonyl (C=O) groups is 1. The van der Waals surface area contributed by atoms with Crippen molar-refractivity contribution in [3.05, 3.63) is 70.5 Å². The lowest BCUT2D eigenvalue weighted by molar-refractivity contribution is -0.384. The molecule has 35 heavy (non-hydrogen) atoms. The molecule has 0 spiro atoms. The Morgan fingerprint density at radius 1 is 1.09 bits per heavy atom. The maximum absolute atomic E-state index is 12.9. The first-order valence-electron chi connectivity index (χ1n) is 11.2. The van der Waals surface area contributed by atoms with E-state index in [1.54, 1.807) is 28.6 Å². The molecule has 2 aromatic heterocycles. The minimum atomic E-state index is -0.407. The highest BCUT2D eigenvalue weighted by Gasteiger charge is 2.22. The Morgan fingerprint density at radius 3 is 2.54 bits per heavy atom. The van der Waals surface area contributed by atoms with Crippen LogP contribution in [-0.4, -0.2) is 72.7 Å². The van der Waals surface area contributed by atoms with Crippen LogP contribution >= 0.6 is 11.8 Å². The van der Waals surface area contributed by atoms with Crippen LogP contribution in [0.5, 0.6) is 0 Å². The predicted octanol–water partition coefficient (Wildman–Crippen LogP) is 2.66. The number of aromatic nitrogens is 5. The molecule has 5 rings (SSSR count). The number of nitro groups is 1. The van der Waals surface area contributed by atoms with E-state index < -0.39 is 4.92 Å². The lowest BCUT2D eigenvalue weighted by atomic mass is 10.2. The van der Waals surface area contributed by atoms with E-state index in [0.29, 0.717) is 32.7 Å². The fourth-order valence-electron chi connectivity index (χ4n) is 4.25. The van der Waals surface area contributed by atoms with E-state index in [1.807, 2.05) is 41.6 Å². The van der Waals surface area contributed by atoms with Crippen molar-refractivity contribution in [1.82, 2.24) is 29.4 Å². The summed E-state index contributed by atoms with van der Waals surface area (Å²) in [5.41, 5.74) is 3.72. The summed E-state index contributed by atoms with van der Waals surface area (Å²) >= 11 is 1.58. The lowest BCUT2D eigenvalue weighted by Crippen LogP contribution is -2.49. The van der Waals surface area contributed by atoms with Gasteiger partial charge in [0.25, 0.3) is 5.69 Å². The second-order valence-corrected chi connectivity index (χ2v) is 9.00. The molecule has 1 aliphatic rings. The molecule has 4 aromatic rings. The molecule has 0 unspecified atom stereocenters. The van der Waals surface area contributed by atoms with Gasteiger partial charge in [-0.2, -0.15) is 0 Å². The van der Waals surface area contributed by atoms with Crippen LogP contribution in [0.25, 0.3) is 11.0 Å². The van der Waals surface area contributed by atoms with Gasteiger partial charge in [0.15, 0.2) is 5.16 Å². The van der Waals surface area contributed by atoms with Gasteiger partial charge in [0, 0.05) is 44.0 Å². The fourth-order valence-corrected chi connectivity index (χ4v) is 4.82. The highest BCUT2D eigenvalue weighted by atomic mass is 32.2. The molecular formula is C23H24N8O3S. The lowest BCUT2D eigenvalue weighted by Gasteiger charge is -2.36. The summed E-state index contributed by atoms with van der Waals surface area (Å²) in [6.45, 7) is 3.14. The van der Waals surface area contributed by atoms with E-state index >= 15 is 0 Å². The molecule has 12 heteroatoms. The summed E-state index contributed by atoms with van der Waals surface area (Å²) in [6.07, 6.45) is 3.80. The number of benzene rings is 2. The third-order valence-electron chi connectivity index (χ3n) is 6.06. The van der Waals surface area contributed by atoms with Gasteiger partial charge in [-0.3, -0.25) is 14.9 Å². The summed E-state index contributed by atoms with van der Waals surface area (Å²) < 4.78 is 3.69. The van der Waals surface area contributed by atoms with E-state index in [4.69, 9.17) is 0 Å². The number of anilines is 1. The minimum absolute atomic E-state index is 0.0114. The van der Waals surface area contributed by atoms with Crippen molar-refractivity contribution in [1.29, 1.82) is 0 Å². The van der Waals surface area contributed by atoms with E-state index in [0.717, 1.165) is 27.6 Å². The summed E-state index contributed by atoms with van der Waals surface area (Å²) in [5, 5.41) is 20.2. The highest BCUT2D eigenvalue weighted by molar-refractivity contribution is 7.98. The largest absolute Gasteiger partial charge is 0.368 e. The average Bonchev–Trinajstić information content (AvgIpc) is 3.48. The number of imidazole rings is 1. The van der Waals surface area contributed by atoms with Crippen molar-refractivity contribution < 1.29 is 9.72 Å². The second kappa shape index (κ2) is 9.74. The summed E-state index contributed by atoms with van der Waals surface area (Å²) in [7, 11) is 0. The first-order valence-corrected chi connectivity index (χ1v) is 12.4. The highest BCUT2D eigenvalue weighted by Crippen LogP contribution is 2.23. The van der Waals surface area contributed by atoms with Crippen LogP contribution in [0.3, 0.4) is 0 Å². The SMILES string of the molecule is CSc1nc2ccccc2n1Cc1cn(CC(=O)N2CCN(c3ccc([N+](=O)[O-])cc3)CC2)nn1. The molecule has 180 valence electrons. The van der Waals surface area contributed by atoms with Crippen LogP contribution in [0.15, 0.2) is 59.9 Å². The molecule has 0 saturated carbocycles. The Morgan fingerprint density at radius 2 is 1.83 bits per heavy atom. The molecule has 2 aromatic carbocycles. The maximum atomic E-state index is 12.9. The number of thioether (sulfide) groups is 1. The quantitative estimate of drug-likeness (QED) is 0.220. The zero-order chi connectivity index (χ0) is 24.4. The number of non-ortho nitro benzene ring substituents is 1. The van der Waals surface area contributed by atoms with Crippen molar-refractivity contribution in [3.63, 3.8) is 0 Å². The van der Waals surface area contributed by atoms with Gasteiger partial charge >= 0.3 is 0 Å². The standard InChI is InChI=1S/C23H24N8O3S/c1-35-23-24-20-4-2-3-5-21(20)30(23)15-17-14-29(26-25-17)16-22(32)28-12-10-27(11-13-28)18-6-8-19(9-7-18)31(33)34/h2-9,14H,10-13,15-16H2,1H3. The van der Waals surface area contributed by atoms with Gasteiger partial charge in [0.1, 0.15) is 12.2 Å². The molecule has 11 nitrogen and oxygen atoms in total. The average molecular weight is 493 g/mol. The van der Waals surface area contributed by atoms with Gasteiger partial charge in [-0.25, -0.2) is 9.67 Å². The van der Waals surface area contributed by atoms with E-state index in [9.17, 15) is 14.9 Å². The maximum Gasteiger partial charge on any atom is 0.269 e. The van der Waals surface area contributed by atoms with Gasteiger partial charge < -0.3 is 14.4 Å². The zero-order valence-electron chi connectivity index (χ0n) is 19.1. The molecule has 0 aliphatic carbocycles. The topological polar surface area (TPSA) is 115 Å². The minimum Gasteiger partial charge on any atom is -0.368 e. The Hall–Kier alpha value is -3.93. The number of nitrogens with zero attached hydrogens (tertiary/aromatic N) is 8. The van der Waals surface area contributed by atoms with Gasteiger partial charge in [0.05, 0.1) is 28.7 Å². The summed E-state index contributed by atoms with van der Waals surface area (Å²) in [5.74, 6) is -0.0114. The number of carbonyl (C=O) groups excluding carboxylic acids is 1. The molecule has 1 aliphatic heterocycles. The predicted molar refractivity (Wildman–Crippen MR) is 133 cm³/mol. The number of fused-ring (bicyclic) bond motifs is 1. The van der Waals surface area contributed by atoms with Crippen LogP contribution in [-0.2, 0) is 17.9 Å². The fraction of sp³-hybridized carbons (Fsp3) is 0.304. The molecule has 1 fully saturated rings. The van der Waals surface area contributed by atoms with E-state index in [2.05, 4.69) is 24.8 Å². The van der Waals surface area contributed by atoms with Gasteiger partial charge in [0.2, 0.25) is 5.91 Å². The number of amides is 1. The smallest absolute Gasteiger partial charge is 0.269 e. The van der Waals surface area contributed by atoms with Crippen molar-refractivity contribution in [3.8, 4) is 0 Å². The third kappa shape index (κ3) is 4.83. The number of para-hydroxylation sites is 2. The zero-order valence-corrected chi connectivity index (χ0v) is 20.0. The molecule has 0 bridgehead atoms. The van der Waals surface area contributed by atoms with Gasteiger partial charge in [-0.1, -0.05) is 29.1 Å². The first-order chi connectivity index (χ1) is 17.0. The van der Waals surface area contributed by atoms with Gasteiger partial charge in [-0.05, 0) is 30.5 Å². The summed E-state index contributed by atoms with van der Waals surface area (Å²) in [6, 6.07) is 14.5. The molecule has 3 heterocycles. The van der Waals surface area contributed by atoms with Crippen LogP contribution < -0.4 is 4.90 Å². The van der Waals surface area contributed by atoms with Crippen LogP contribution in [0, 0.1) is 10.1 Å². The summed E-state index contributed by atoms with van der Waals surface area (Å²) in [4.78, 5) is 31.9. The number of piperazine rings is 1. The van der Waals surface area contributed by atoms with Crippen LogP contribution in [0.1, 0.15) is 5.69 Å². The van der Waals surface area contributed by atoms with Crippen molar-refractivity contribution >= 4 is 40.1 Å². The van der Waals surface area contributed by atoms with Crippen molar-refractivity contribution in [2.45, 2.75) is 18.2 Å². The Bertz CT molecular complexity index is 1360. The number of nitro benzene ring substituents is 1. The second-order valence-electron chi connectivity index (χ2n) is 8.22. The Labute approximate surface area is 205 Å². The van der Waals surface area contributed by atoms with Crippen LogP contribution in [0.2, 0.25) is 0 Å². The molecule has 0 radical (unpaired) electrons. The molecule has 0 atom stereocenters. The van der Waals surface area contributed by atoms with E-state index in [-0.39, 0.29) is 18.1 Å². The number of rotatable bonds is 7. The van der Waals surface area contributed by atoms with Gasteiger partial charge in [-0.15, -0.1) is 5.10 Å². The van der Waals surface area contributed by atoms with Crippen molar-refractivity contribution in [2.75, 3.05) is 37.3 Å². The van der Waals surface area contributed by atoms with Crippen LogP contribution in [0.4, 0.5) is 11.4 Å². The first kappa shape index (κ1) is 22.8. The monoisotopic (exact) mass is 492 g/mol. The third-order valence-corrected chi connectivity index (χ3v) is 6.74. The number of hydrogen-bond acceptors (Lipinski definition) is 8.